The Morgan fingerprint density at radius 3 is 1.07 bits per heavy atom. The lowest BCUT2D eigenvalue weighted by molar-refractivity contribution is -0.671. The number of hydrogen-bond acceptors (Lipinski definition) is 13. The van der Waals surface area contributed by atoms with E-state index in [-0.39, 0.29) is 53.5 Å². The summed E-state index contributed by atoms with van der Waals surface area (Å²) in [7, 11) is 5.92. The van der Waals surface area contributed by atoms with Gasteiger partial charge in [0.25, 0.3) is 0 Å². The second kappa shape index (κ2) is 45.9. The van der Waals surface area contributed by atoms with E-state index in [1.807, 2.05) is 172 Å². The van der Waals surface area contributed by atoms with Gasteiger partial charge in [0, 0.05) is 236 Å². The first-order valence-corrected chi connectivity index (χ1v) is 53.9. The molecule has 0 saturated carbocycles. The summed E-state index contributed by atoms with van der Waals surface area (Å²) in [5.74, 6) is 2.15. The number of nitrogens with two attached hydrogens (primary N) is 1. The van der Waals surface area contributed by atoms with E-state index in [1.54, 1.807) is 6.20 Å². The molecule has 12 heterocycles. The molecule has 5 aliphatic heterocycles. The molecule has 0 radical (unpaired) electrons. The highest BCUT2D eigenvalue weighted by molar-refractivity contribution is 9.11. The number of nitrogens with zero attached hydrogens (tertiary/aromatic N) is 15. The van der Waals surface area contributed by atoms with Gasteiger partial charge >= 0.3 is 0 Å². The van der Waals surface area contributed by atoms with Crippen molar-refractivity contribution in [2.24, 2.45) is 38.7 Å². The standard InChI is InChI=1S/C27H32Br2ClN5O.C27H27Br2ClN3O.C26H26BrCl2N4O.C26H26BrClFN4O/c1-17(31)33-6-4-18(5-7-33)12-24(36)34-8-10-35(11-9-34)27-25-19(14-22(30)15-23(25)29)2-3-20-13-21(28)16-32-26(20)27;1-32-8-4-17(5-9-32)12-24(34)33-10-6-18(7-11-33)26-25-19(14-22(30)15-23(25)29)2-3-20-13-21(28)16-31-27(20)26;2*1-31-6-4-17(5-7-31)12-23(34)32-8-10-33(11-9-32)26-24-18(14-21(28)15-22(24)29)2-3-19-13-20(27)16-30-25(19)26/h13-16,18,27H,1-12,31H2;4-5,8-9,13-16,18,26H,2-3,6-7,10-12H2,1H3;2*4-7,13-16,26H,2-3,8-12H2,1H3/q;3*+1. The quantitative estimate of drug-likeness (QED) is 0.108. The van der Waals surface area contributed by atoms with Crippen LogP contribution < -0.4 is 19.4 Å². The summed E-state index contributed by atoms with van der Waals surface area (Å²) >= 11 is 54.2. The molecule has 4 atom stereocenters. The van der Waals surface area contributed by atoms with Gasteiger partial charge in [-0.05, 0) is 303 Å². The van der Waals surface area contributed by atoms with Gasteiger partial charge in [0.15, 0.2) is 37.2 Å². The van der Waals surface area contributed by atoms with Gasteiger partial charge in [-0.3, -0.25) is 53.8 Å². The van der Waals surface area contributed by atoms with Crippen molar-refractivity contribution in [2.75, 3.05) is 105 Å². The minimum atomic E-state index is -0.302. The van der Waals surface area contributed by atoms with Gasteiger partial charge in [-0.15, -0.1) is 0 Å². The van der Waals surface area contributed by atoms with Gasteiger partial charge in [0.1, 0.15) is 27.0 Å². The van der Waals surface area contributed by atoms with E-state index in [1.165, 1.54) is 56.3 Å². The highest BCUT2D eigenvalue weighted by Gasteiger charge is 2.42. The van der Waals surface area contributed by atoms with E-state index in [9.17, 15) is 19.2 Å². The average Bonchev–Trinajstić information content (AvgIpc) is 1.57. The van der Waals surface area contributed by atoms with E-state index < -0.39 is 0 Å². The number of benzene rings is 4. The van der Waals surface area contributed by atoms with Crippen molar-refractivity contribution >= 4 is 177 Å². The van der Waals surface area contributed by atoms with Crippen molar-refractivity contribution in [1.82, 2.24) is 59.1 Å². The maximum absolute atomic E-state index is 15.4. The zero-order valence-electron chi connectivity index (χ0n) is 77.4. The molecular formula is C106H111Br6Cl5FN16O4+3. The van der Waals surface area contributed by atoms with E-state index in [0.29, 0.717) is 110 Å². The van der Waals surface area contributed by atoms with Crippen LogP contribution in [0.25, 0.3) is 0 Å². The lowest BCUT2D eigenvalue weighted by Gasteiger charge is -2.41. The number of fused-ring (bicyclic) bond motifs is 8. The van der Waals surface area contributed by atoms with Crippen LogP contribution in [-0.2, 0) is 111 Å². The van der Waals surface area contributed by atoms with Crippen LogP contribution in [0.15, 0.2) is 210 Å². The molecule has 32 heteroatoms. The molecule has 20 nitrogen and oxygen atoms in total. The number of piperidine rings is 2. The first-order chi connectivity index (χ1) is 66.5. The first kappa shape index (κ1) is 102. The summed E-state index contributed by atoms with van der Waals surface area (Å²) in [6, 6.07) is 35.7. The number of halogens is 12. The molecule has 4 amide bonds. The third kappa shape index (κ3) is 24.3. The van der Waals surface area contributed by atoms with E-state index in [0.717, 1.165) is 223 Å². The molecule has 138 heavy (non-hydrogen) atoms. The van der Waals surface area contributed by atoms with E-state index in [4.69, 9.17) is 83.7 Å². The fourth-order valence-electron chi connectivity index (χ4n) is 21.4. The fraction of sp³-hybridized carbons (Fsp3) is 0.387. The number of aromatic nitrogens is 7. The van der Waals surface area contributed by atoms with Crippen molar-refractivity contribution in [3.8, 4) is 0 Å². The monoisotopic (exact) mass is 2340 g/mol. The smallest absolute Gasteiger partial charge is 0.227 e. The molecule has 9 aliphatic rings. The molecule has 11 aromatic rings. The van der Waals surface area contributed by atoms with Crippen molar-refractivity contribution in [3.63, 3.8) is 0 Å². The number of likely N-dealkylation sites (tertiary alicyclic amines) is 2. The molecule has 4 unspecified atom stereocenters. The summed E-state index contributed by atoms with van der Waals surface area (Å²) in [6.45, 7) is 15.7. The van der Waals surface area contributed by atoms with Gasteiger partial charge in [0.05, 0.1) is 66.0 Å². The maximum atomic E-state index is 15.4. The molecule has 720 valence electrons. The SMILES string of the molecule is C=C(N)N1CCC(CC(=O)N2CCN(C3c4ncc(Br)cc4CCc4cc(Cl)cc(Br)c43)CC2)CC1.C[n+]1ccc(CC(=O)N2CCC(C3c4ncc(Br)cc4CCc4cc(Cl)cc(Br)c43)CC2)cc1.C[n+]1ccc(CC(=O)N2CCN(C3c4ncc(Br)cc4CCc4cc(Cl)cc(Cl)c43)CC2)cc1.C[n+]1ccc(CC(=O)N2CCN(C3c4ncc(Br)cc4CCc4cc(Cl)cc(F)c43)CC2)cc1. The van der Waals surface area contributed by atoms with Crippen LogP contribution in [0.5, 0.6) is 0 Å². The van der Waals surface area contributed by atoms with Crippen LogP contribution in [0.1, 0.15) is 162 Å². The number of aryl methyl sites for hydroxylation is 11. The average molecular weight is 2350 g/mol. The third-order valence-corrected chi connectivity index (χ3v) is 32.8. The zero-order valence-corrected chi connectivity index (χ0v) is 90.7. The van der Waals surface area contributed by atoms with Crippen LogP contribution in [0.3, 0.4) is 0 Å². The van der Waals surface area contributed by atoms with Crippen molar-refractivity contribution in [3.05, 3.63) is 348 Å². The van der Waals surface area contributed by atoms with Gasteiger partial charge < -0.3 is 30.2 Å². The Bertz CT molecular complexity index is 5900. The molecule has 4 aliphatic carbocycles. The summed E-state index contributed by atoms with van der Waals surface area (Å²) < 4.78 is 27.3. The number of pyridine rings is 7. The van der Waals surface area contributed by atoms with E-state index in [2.05, 4.69) is 163 Å². The Hall–Kier alpha value is -7.71. The minimum Gasteiger partial charge on any atom is -0.386 e. The van der Waals surface area contributed by atoms with Crippen LogP contribution in [0, 0.1) is 17.7 Å². The van der Waals surface area contributed by atoms with E-state index >= 15 is 4.39 Å². The number of amides is 4. The number of rotatable bonds is 13. The number of carbonyl (C=O) groups is 4. The fourth-order valence-corrected chi connectivity index (χ4v) is 26.0. The van der Waals surface area contributed by atoms with Crippen LogP contribution in [-0.4, -0.2) is 187 Å². The van der Waals surface area contributed by atoms with Crippen LogP contribution >= 0.6 is 154 Å². The van der Waals surface area contributed by atoms with Gasteiger partial charge in [-0.1, -0.05) is 96.4 Å². The summed E-state index contributed by atoms with van der Waals surface area (Å²) in [4.78, 5) is 88.7. The number of carbonyl (C=O) groups excluding carboxylic acids is 4. The molecule has 5 fully saturated rings. The summed E-state index contributed by atoms with van der Waals surface area (Å²) in [5, 5.41) is 3.27. The largest absolute Gasteiger partial charge is 0.386 e. The van der Waals surface area contributed by atoms with Crippen molar-refractivity contribution in [2.45, 2.75) is 127 Å². The summed E-state index contributed by atoms with van der Waals surface area (Å²) in [5.41, 5.74) is 27.0. The number of hydrogen-bond donors (Lipinski definition) is 1. The molecule has 4 aromatic carbocycles. The molecule has 5 saturated heterocycles. The molecule has 0 bridgehead atoms. The predicted molar refractivity (Wildman–Crippen MR) is 561 cm³/mol. The Morgan fingerprint density at radius 2 is 0.674 bits per heavy atom. The first-order valence-electron chi connectivity index (χ1n) is 47.3. The predicted octanol–water partition coefficient (Wildman–Crippen LogP) is 19.5. The van der Waals surface area contributed by atoms with Crippen LogP contribution in [0.4, 0.5) is 4.39 Å². The molecule has 0 spiro atoms. The maximum Gasteiger partial charge on any atom is 0.227 e. The van der Waals surface area contributed by atoms with Crippen molar-refractivity contribution < 1.29 is 37.3 Å². The van der Waals surface area contributed by atoms with Gasteiger partial charge in [-0.25, -0.2) is 18.1 Å². The Morgan fingerprint density at radius 1 is 0.370 bits per heavy atom. The van der Waals surface area contributed by atoms with Crippen molar-refractivity contribution in [1.29, 1.82) is 0 Å². The molecule has 2 N–H and O–H groups in total. The Balaban J connectivity index is 0.000000127. The number of piperazine rings is 3. The third-order valence-electron chi connectivity index (χ3n) is 28.6. The minimum absolute atomic E-state index is 0.0307. The Kier molecular flexibility index (Phi) is 33.9. The molecule has 20 rings (SSSR count). The second-order valence-electron chi connectivity index (χ2n) is 37.6. The molecular weight excluding hydrogens is 2240 g/mol. The lowest BCUT2D eigenvalue weighted by Crippen LogP contribution is -2.50. The lowest BCUT2D eigenvalue weighted by atomic mass is 9.76. The second-order valence-corrected chi connectivity index (χ2v) is 45.1. The Labute approximate surface area is 883 Å². The van der Waals surface area contributed by atoms with Crippen LogP contribution in [0.2, 0.25) is 25.1 Å². The highest BCUT2D eigenvalue weighted by Crippen LogP contribution is 2.49. The topological polar surface area (TPSA) is 183 Å². The highest BCUT2D eigenvalue weighted by atomic mass is 79.9. The zero-order chi connectivity index (χ0) is 96.9. The normalized spacial score (nSPS) is 19.0. The van der Waals surface area contributed by atoms with Gasteiger partial charge in [-0.2, -0.15) is 0 Å². The van der Waals surface area contributed by atoms with Gasteiger partial charge in [0.2, 0.25) is 23.6 Å². The molecule has 7 aromatic heterocycles. The summed E-state index contributed by atoms with van der Waals surface area (Å²) in [6.07, 6.45) is 32.1.